The first kappa shape index (κ1) is 16.0. The lowest BCUT2D eigenvalue weighted by molar-refractivity contribution is 0.0916. The molecule has 23 heavy (non-hydrogen) atoms. The molecule has 1 aromatic heterocycles. The van der Waals surface area contributed by atoms with Crippen molar-refractivity contribution in [2.24, 2.45) is 0 Å². The predicted molar refractivity (Wildman–Crippen MR) is 95.1 cm³/mol. The van der Waals surface area contributed by atoms with Crippen molar-refractivity contribution in [3.8, 4) is 0 Å². The number of rotatable bonds is 5. The quantitative estimate of drug-likeness (QED) is 0.696. The Labute approximate surface area is 142 Å². The van der Waals surface area contributed by atoms with Gasteiger partial charge < -0.3 is 10.4 Å². The first-order valence-electron chi connectivity index (χ1n) is 7.13. The van der Waals surface area contributed by atoms with Crippen molar-refractivity contribution in [1.29, 1.82) is 0 Å². The Kier molecular flexibility index (Phi) is 4.95. The highest BCUT2D eigenvalue weighted by molar-refractivity contribution is 7.98. The summed E-state index contributed by atoms with van der Waals surface area (Å²) in [4.78, 5) is 17.6. The van der Waals surface area contributed by atoms with Crippen LogP contribution < -0.4 is 5.32 Å². The third-order valence-corrected chi connectivity index (χ3v) is 5.22. The van der Waals surface area contributed by atoms with Crippen molar-refractivity contribution >= 4 is 39.2 Å². The third-order valence-electron chi connectivity index (χ3n) is 3.44. The summed E-state index contributed by atoms with van der Waals surface area (Å²) < 4.78 is 0.978. The van der Waals surface area contributed by atoms with Crippen LogP contribution in [0.15, 0.2) is 53.4 Å². The van der Waals surface area contributed by atoms with Crippen molar-refractivity contribution in [2.75, 3.05) is 12.8 Å². The van der Waals surface area contributed by atoms with Crippen LogP contribution in [0.1, 0.15) is 21.5 Å². The van der Waals surface area contributed by atoms with Gasteiger partial charge in [-0.1, -0.05) is 24.3 Å². The van der Waals surface area contributed by atoms with E-state index >= 15 is 0 Å². The number of hydrogen-bond acceptors (Lipinski definition) is 5. The highest BCUT2D eigenvalue weighted by Crippen LogP contribution is 2.22. The zero-order valence-electron chi connectivity index (χ0n) is 12.5. The Morgan fingerprint density at radius 3 is 2.70 bits per heavy atom. The summed E-state index contributed by atoms with van der Waals surface area (Å²) in [5.74, 6) is -0.258. The summed E-state index contributed by atoms with van der Waals surface area (Å²) in [7, 11) is 0. The maximum Gasteiger partial charge on any atom is 0.280 e. The molecule has 6 heteroatoms. The maximum absolute atomic E-state index is 12.2. The zero-order chi connectivity index (χ0) is 16.2. The second-order valence-electron chi connectivity index (χ2n) is 4.99. The number of aliphatic hydroxyl groups is 1. The van der Waals surface area contributed by atoms with Crippen LogP contribution in [0.5, 0.6) is 0 Å². The Balaban J connectivity index is 1.63. The van der Waals surface area contributed by atoms with Gasteiger partial charge in [0.25, 0.3) is 5.91 Å². The number of fused-ring (bicyclic) bond motifs is 1. The molecule has 118 valence electrons. The zero-order valence-corrected chi connectivity index (χ0v) is 14.2. The van der Waals surface area contributed by atoms with Crippen LogP contribution in [-0.2, 0) is 0 Å². The normalized spacial score (nSPS) is 12.3. The lowest BCUT2D eigenvalue weighted by atomic mass is 10.1. The Morgan fingerprint density at radius 2 is 2.00 bits per heavy atom. The molecule has 0 radical (unpaired) electrons. The van der Waals surface area contributed by atoms with Crippen molar-refractivity contribution < 1.29 is 9.90 Å². The van der Waals surface area contributed by atoms with Gasteiger partial charge in [-0.3, -0.25) is 4.79 Å². The second-order valence-corrected chi connectivity index (χ2v) is 6.90. The van der Waals surface area contributed by atoms with E-state index in [1.165, 1.54) is 11.3 Å². The molecular formula is C17H16N2O2S2. The van der Waals surface area contributed by atoms with Gasteiger partial charge in [0.05, 0.1) is 16.3 Å². The number of nitrogens with one attached hydrogen (secondary N) is 1. The van der Waals surface area contributed by atoms with E-state index in [0.29, 0.717) is 5.01 Å². The van der Waals surface area contributed by atoms with Crippen molar-refractivity contribution in [2.45, 2.75) is 11.0 Å². The monoisotopic (exact) mass is 344 g/mol. The third kappa shape index (κ3) is 3.72. The smallest absolute Gasteiger partial charge is 0.280 e. The Bertz CT molecular complexity index is 782. The summed E-state index contributed by atoms with van der Waals surface area (Å²) in [5, 5.41) is 13.3. The summed E-state index contributed by atoms with van der Waals surface area (Å²) >= 11 is 3.00. The van der Waals surface area contributed by atoms with E-state index in [9.17, 15) is 9.90 Å². The number of carbonyl (C=O) groups is 1. The second kappa shape index (κ2) is 7.12. The van der Waals surface area contributed by atoms with E-state index in [4.69, 9.17) is 0 Å². The van der Waals surface area contributed by atoms with E-state index in [1.807, 2.05) is 54.8 Å². The molecule has 3 aromatic rings. The summed E-state index contributed by atoms with van der Waals surface area (Å²) in [5.41, 5.74) is 1.60. The molecule has 0 fully saturated rings. The van der Waals surface area contributed by atoms with E-state index in [2.05, 4.69) is 10.3 Å². The molecule has 0 saturated heterocycles. The number of amides is 1. The molecule has 2 aromatic carbocycles. The molecule has 0 bridgehead atoms. The molecule has 4 nitrogen and oxygen atoms in total. The molecule has 0 aliphatic rings. The number of carbonyl (C=O) groups excluding carboxylic acids is 1. The van der Waals surface area contributed by atoms with E-state index in [-0.39, 0.29) is 12.5 Å². The molecule has 0 saturated carbocycles. The fraction of sp³-hybridized carbons (Fsp3) is 0.176. The Hall–Kier alpha value is -1.89. The lowest BCUT2D eigenvalue weighted by Gasteiger charge is -2.12. The van der Waals surface area contributed by atoms with Gasteiger partial charge in [0.2, 0.25) is 0 Å². The fourth-order valence-corrected chi connectivity index (χ4v) is 3.47. The maximum atomic E-state index is 12.2. The number of aliphatic hydroxyl groups excluding tert-OH is 1. The van der Waals surface area contributed by atoms with Crippen LogP contribution in [0.3, 0.4) is 0 Å². The van der Waals surface area contributed by atoms with Crippen LogP contribution in [0.2, 0.25) is 0 Å². The average Bonchev–Trinajstić information content (AvgIpc) is 3.03. The minimum atomic E-state index is -0.732. The van der Waals surface area contributed by atoms with Gasteiger partial charge in [0, 0.05) is 11.4 Å². The summed E-state index contributed by atoms with van der Waals surface area (Å²) in [6.07, 6.45) is 1.27. The molecule has 1 heterocycles. The van der Waals surface area contributed by atoms with Crippen LogP contribution in [0.4, 0.5) is 0 Å². The molecule has 2 N–H and O–H groups in total. The number of nitrogens with zero attached hydrogens (tertiary/aromatic N) is 1. The van der Waals surface area contributed by atoms with Gasteiger partial charge >= 0.3 is 0 Å². The molecule has 0 aliphatic heterocycles. The largest absolute Gasteiger partial charge is 0.387 e. The number of para-hydroxylation sites is 1. The number of hydrogen-bond donors (Lipinski definition) is 2. The van der Waals surface area contributed by atoms with Gasteiger partial charge in [-0.25, -0.2) is 4.98 Å². The van der Waals surface area contributed by atoms with Gasteiger partial charge in [-0.15, -0.1) is 23.1 Å². The number of benzene rings is 2. The minimum Gasteiger partial charge on any atom is -0.387 e. The lowest BCUT2D eigenvalue weighted by Crippen LogP contribution is -2.28. The molecule has 0 spiro atoms. The molecule has 1 amide bonds. The SMILES string of the molecule is CSc1ccc(C(O)CNC(=O)c2nc3ccccc3s2)cc1. The van der Waals surface area contributed by atoms with E-state index in [1.54, 1.807) is 11.8 Å². The van der Waals surface area contributed by atoms with Crippen LogP contribution in [-0.4, -0.2) is 28.8 Å². The van der Waals surface area contributed by atoms with Gasteiger partial charge in [0.1, 0.15) is 0 Å². The molecule has 3 rings (SSSR count). The summed E-state index contributed by atoms with van der Waals surface area (Å²) in [6, 6.07) is 15.3. The van der Waals surface area contributed by atoms with Crippen molar-refractivity contribution in [3.63, 3.8) is 0 Å². The van der Waals surface area contributed by atoms with Gasteiger partial charge in [-0.2, -0.15) is 0 Å². The van der Waals surface area contributed by atoms with Crippen molar-refractivity contribution in [3.05, 3.63) is 59.1 Å². The first-order valence-corrected chi connectivity index (χ1v) is 9.17. The van der Waals surface area contributed by atoms with Gasteiger partial charge in [-0.05, 0) is 36.1 Å². The van der Waals surface area contributed by atoms with Gasteiger partial charge in [0.15, 0.2) is 5.01 Å². The number of thioether (sulfide) groups is 1. The topological polar surface area (TPSA) is 62.2 Å². The number of aromatic nitrogens is 1. The predicted octanol–water partition coefficient (Wildman–Crippen LogP) is 3.48. The molecule has 1 unspecified atom stereocenters. The highest BCUT2D eigenvalue weighted by atomic mass is 32.2. The fourth-order valence-electron chi connectivity index (χ4n) is 2.18. The van der Waals surface area contributed by atoms with E-state index < -0.39 is 6.10 Å². The number of thiazole rings is 1. The minimum absolute atomic E-state index is 0.160. The van der Waals surface area contributed by atoms with Crippen LogP contribution >= 0.6 is 23.1 Å². The van der Waals surface area contributed by atoms with E-state index in [0.717, 1.165) is 20.7 Å². The standard InChI is InChI=1S/C17H16N2O2S2/c1-22-12-8-6-11(7-9-12)14(20)10-18-16(21)17-19-13-4-2-3-5-15(13)23-17/h2-9,14,20H,10H2,1H3,(H,18,21). The average molecular weight is 344 g/mol. The summed E-state index contributed by atoms with van der Waals surface area (Å²) in [6.45, 7) is 0.160. The van der Waals surface area contributed by atoms with Crippen LogP contribution in [0, 0.1) is 0 Å². The molecule has 0 aliphatic carbocycles. The Morgan fingerprint density at radius 1 is 1.26 bits per heavy atom. The molecular weight excluding hydrogens is 328 g/mol. The van der Waals surface area contributed by atoms with Crippen LogP contribution in [0.25, 0.3) is 10.2 Å². The first-order chi connectivity index (χ1) is 11.2. The highest BCUT2D eigenvalue weighted by Gasteiger charge is 2.14. The van der Waals surface area contributed by atoms with Crippen molar-refractivity contribution in [1.82, 2.24) is 10.3 Å². The molecule has 1 atom stereocenters.